The second-order valence-corrected chi connectivity index (χ2v) is 4.69. The fourth-order valence-corrected chi connectivity index (χ4v) is 2.44. The van der Waals surface area contributed by atoms with Gasteiger partial charge in [0.05, 0.1) is 5.69 Å². The molecule has 0 aromatic carbocycles. The van der Waals surface area contributed by atoms with Crippen molar-refractivity contribution in [3.8, 4) is 0 Å². The standard InChI is InChI=1S/C12H20N4O/c13-10-4-5-11(16-12(10)14)15-6-8-2-1-3-9(8)7-17/h4-5,8-9,17H,1-3,6-7,13H2,(H3,14,15,16). The van der Waals surface area contributed by atoms with Crippen molar-refractivity contribution in [3.63, 3.8) is 0 Å². The van der Waals surface area contributed by atoms with Crippen LogP contribution in [-0.2, 0) is 0 Å². The molecule has 1 aliphatic rings. The molecule has 2 rings (SSSR count). The van der Waals surface area contributed by atoms with Gasteiger partial charge in [-0.2, -0.15) is 0 Å². The molecule has 1 fully saturated rings. The van der Waals surface area contributed by atoms with E-state index in [1.807, 2.05) is 6.07 Å². The van der Waals surface area contributed by atoms with Crippen molar-refractivity contribution in [2.75, 3.05) is 29.9 Å². The molecule has 5 heteroatoms. The molecule has 1 heterocycles. The van der Waals surface area contributed by atoms with Gasteiger partial charge in [0.1, 0.15) is 11.6 Å². The highest BCUT2D eigenvalue weighted by atomic mass is 16.3. The summed E-state index contributed by atoms with van der Waals surface area (Å²) in [6, 6.07) is 3.58. The van der Waals surface area contributed by atoms with E-state index in [0.29, 0.717) is 23.3 Å². The summed E-state index contributed by atoms with van der Waals surface area (Å²) in [5, 5.41) is 12.5. The first-order valence-electron chi connectivity index (χ1n) is 6.07. The van der Waals surface area contributed by atoms with Crippen molar-refractivity contribution in [2.45, 2.75) is 19.3 Å². The first kappa shape index (κ1) is 12.0. The van der Waals surface area contributed by atoms with Crippen LogP contribution in [0.3, 0.4) is 0 Å². The Balaban J connectivity index is 1.91. The van der Waals surface area contributed by atoms with Gasteiger partial charge in [-0.1, -0.05) is 6.42 Å². The van der Waals surface area contributed by atoms with Crippen molar-refractivity contribution < 1.29 is 5.11 Å². The fourth-order valence-electron chi connectivity index (χ4n) is 2.44. The quantitative estimate of drug-likeness (QED) is 0.627. The molecule has 1 aliphatic carbocycles. The second kappa shape index (κ2) is 5.23. The Morgan fingerprint density at radius 2 is 2.06 bits per heavy atom. The first-order valence-corrected chi connectivity index (χ1v) is 6.07. The number of hydrogen-bond acceptors (Lipinski definition) is 5. The number of nitrogen functional groups attached to an aromatic ring is 2. The molecule has 1 aromatic heterocycles. The van der Waals surface area contributed by atoms with E-state index in [4.69, 9.17) is 11.5 Å². The van der Waals surface area contributed by atoms with Crippen LogP contribution < -0.4 is 16.8 Å². The smallest absolute Gasteiger partial charge is 0.149 e. The summed E-state index contributed by atoms with van der Waals surface area (Å²) in [6.07, 6.45) is 3.50. The van der Waals surface area contributed by atoms with E-state index in [0.717, 1.165) is 18.8 Å². The Kier molecular flexibility index (Phi) is 3.68. The lowest BCUT2D eigenvalue weighted by Gasteiger charge is -2.18. The molecular weight excluding hydrogens is 216 g/mol. The Bertz CT molecular complexity index is 383. The number of anilines is 3. The summed E-state index contributed by atoms with van der Waals surface area (Å²) in [5.41, 5.74) is 11.7. The van der Waals surface area contributed by atoms with Gasteiger partial charge in [0.15, 0.2) is 0 Å². The fraction of sp³-hybridized carbons (Fsp3) is 0.583. The predicted octanol–water partition coefficient (Wildman–Crippen LogP) is 1.07. The van der Waals surface area contributed by atoms with E-state index < -0.39 is 0 Å². The van der Waals surface area contributed by atoms with Crippen molar-refractivity contribution in [3.05, 3.63) is 12.1 Å². The van der Waals surface area contributed by atoms with Gasteiger partial charge >= 0.3 is 0 Å². The van der Waals surface area contributed by atoms with Crippen LogP contribution in [0.15, 0.2) is 12.1 Å². The Morgan fingerprint density at radius 1 is 1.29 bits per heavy atom. The van der Waals surface area contributed by atoms with E-state index in [-0.39, 0.29) is 6.61 Å². The zero-order valence-electron chi connectivity index (χ0n) is 9.89. The molecule has 0 saturated heterocycles. The normalized spacial score (nSPS) is 23.8. The van der Waals surface area contributed by atoms with Gasteiger partial charge in [0, 0.05) is 13.2 Å². The number of aromatic nitrogens is 1. The van der Waals surface area contributed by atoms with Crippen LogP contribution in [0.25, 0.3) is 0 Å². The minimum atomic E-state index is 0.281. The summed E-state index contributed by atoms with van der Waals surface area (Å²) in [4.78, 5) is 4.16. The van der Waals surface area contributed by atoms with E-state index in [1.54, 1.807) is 6.07 Å². The van der Waals surface area contributed by atoms with E-state index >= 15 is 0 Å². The monoisotopic (exact) mass is 236 g/mol. The molecule has 0 amide bonds. The zero-order valence-corrected chi connectivity index (χ0v) is 9.89. The minimum Gasteiger partial charge on any atom is -0.396 e. The molecule has 2 unspecified atom stereocenters. The van der Waals surface area contributed by atoms with Crippen LogP contribution >= 0.6 is 0 Å². The molecule has 94 valence electrons. The van der Waals surface area contributed by atoms with Crippen LogP contribution in [0, 0.1) is 11.8 Å². The third-order valence-corrected chi connectivity index (χ3v) is 3.55. The SMILES string of the molecule is Nc1ccc(NCC2CCCC2CO)nc1N. The van der Waals surface area contributed by atoms with Crippen molar-refractivity contribution in [1.82, 2.24) is 4.98 Å². The summed E-state index contributed by atoms with van der Waals surface area (Å²) in [6.45, 7) is 1.12. The Labute approximate surface area is 101 Å². The van der Waals surface area contributed by atoms with Crippen molar-refractivity contribution in [1.29, 1.82) is 0 Å². The van der Waals surface area contributed by atoms with Gasteiger partial charge in [0.25, 0.3) is 0 Å². The van der Waals surface area contributed by atoms with Gasteiger partial charge in [-0.05, 0) is 36.8 Å². The molecule has 6 N–H and O–H groups in total. The maximum atomic E-state index is 9.23. The number of nitrogens with one attached hydrogen (secondary N) is 1. The van der Waals surface area contributed by atoms with E-state index in [9.17, 15) is 5.11 Å². The third kappa shape index (κ3) is 2.79. The van der Waals surface area contributed by atoms with Gasteiger partial charge < -0.3 is 21.9 Å². The zero-order chi connectivity index (χ0) is 12.3. The lowest BCUT2D eigenvalue weighted by Crippen LogP contribution is -2.21. The number of aliphatic hydroxyl groups is 1. The molecule has 1 saturated carbocycles. The topological polar surface area (TPSA) is 97.2 Å². The molecular formula is C12H20N4O. The molecule has 17 heavy (non-hydrogen) atoms. The highest BCUT2D eigenvalue weighted by Gasteiger charge is 2.26. The number of nitrogens with two attached hydrogens (primary N) is 2. The third-order valence-electron chi connectivity index (χ3n) is 3.55. The molecule has 2 atom stereocenters. The molecule has 0 aliphatic heterocycles. The number of rotatable bonds is 4. The lowest BCUT2D eigenvalue weighted by molar-refractivity contribution is 0.199. The largest absolute Gasteiger partial charge is 0.396 e. The summed E-state index contributed by atoms with van der Waals surface area (Å²) < 4.78 is 0. The highest BCUT2D eigenvalue weighted by molar-refractivity contribution is 5.61. The number of aliphatic hydroxyl groups excluding tert-OH is 1. The highest BCUT2D eigenvalue weighted by Crippen LogP contribution is 2.31. The molecule has 5 nitrogen and oxygen atoms in total. The lowest BCUT2D eigenvalue weighted by atomic mass is 9.97. The minimum absolute atomic E-state index is 0.281. The maximum Gasteiger partial charge on any atom is 0.149 e. The average molecular weight is 236 g/mol. The van der Waals surface area contributed by atoms with E-state index in [2.05, 4.69) is 10.3 Å². The molecule has 0 bridgehead atoms. The first-order chi connectivity index (χ1) is 8.20. The Hall–Kier alpha value is -1.49. The van der Waals surface area contributed by atoms with Crippen LogP contribution in [0.1, 0.15) is 19.3 Å². The number of nitrogens with zero attached hydrogens (tertiary/aromatic N) is 1. The Morgan fingerprint density at radius 3 is 2.76 bits per heavy atom. The molecule has 0 radical (unpaired) electrons. The molecule has 1 aromatic rings. The van der Waals surface area contributed by atoms with Crippen LogP contribution in [-0.4, -0.2) is 23.2 Å². The van der Waals surface area contributed by atoms with Crippen molar-refractivity contribution in [2.24, 2.45) is 11.8 Å². The summed E-state index contributed by atoms with van der Waals surface area (Å²) >= 11 is 0. The van der Waals surface area contributed by atoms with Gasteiger partial charge in [0.2, 0.25) is 0 Å². The van der Waals surface area contributed by atoms with Crippen LogP contribution in [0.4, 0.5) is 17.3 Å². The van der Waals surface area contributed by atoms with Crippen LogP contribution in [0.5, 0.6) is 0 Å². The molecule has 0 spiro atoms. The second-order valence-electron chi connectivity index (χ2n) is 4.69. The van der Waals surface area contributed by atoms with E-state index in [1.165, 1.54) is 12.8 Å². The number of pyridine rings is 1. The van der Waals surface area contributed by atoms with Crippen molar-refractivity contribution >= 4 is 17.3 Å². The predicted molar refractivity (Wildman–Crippen MR) is 69.5 cm³/mol. The maximum absolute atomic E-state index is 9.23. The van der Waals surface area contributed by atoms with Gasteiger partial charge in [-0.25, -0.2) is 4.98 Å². The van der Waals surface area contributed by atoms with Gasteiger partial charge in [-0.15, -0.1) is 0 Å². The average Bonchev–Trinajstić information content (AvgIpc) is 2.78. The van der Waals surface area contributed by atoms with Crippen LogP contribution in [0.2, 0.25) is 0 Å². The van der Waals surface area contributed by atoms with Gasteiger partial charge in [-0.3, -0.25) is 0 Å². The summed E-state index contributed by atoms with van der Waals surface area (Å²) in [5.74, 6) is 2.06. The summed E-state index contributed by atoms with van der Waals surface area (Å²) in [7, 11) is 0. The number of hydrogen-bond donors (Lipinski definition) is 4.